The fraction of sp³-hybridized carbons (Fsp3) is 0.667. The smallest absolute Gasteiger partial charge is 0.149 e. The van der Waals surface area contributed by atoms with Gasteiger partial charge in [0.05, 0.1) is 21.6 Å². The van der Waals surface area contributed by atoms with Gasteiger partial charge >= 0.3 is 0 Å². The molecule has 1 aromatic heterocycles. The molecule has 0 aliphatic carbocycles. The number of halogens is 3. The SMILES string of the molecule is CC(C)(C)[S+]([O-])N[C@@](CF)(C[S@@]1(=O)=NCCC[C@]1(C)C#N)c1nc(Br)ccc1F. The molecule has 1 aliphatic heterocycles. The van der Waals surface area contributed by atoms with Crippen LogP contribution in [0.15, 0.2) is 21.1 Å². The maximum atomic E-state index is 14.8. The van der Waals surface area contributed by atoms with Crippen molar-refractivity contribution in [3.8, 4) is 6.07 Å². The molecule has 0 saturated carbocycles. The van der Waals surface area contributed by atoms with Crippen molar-refractivity contribution in [2.75, 3.05) is 19.0 Å². The molecule has 0 saturated heterocycles. The Bertz CT molecular complexity index is 927. The summed E-state index contributed by atoms with van der Waals surface area (Å²) in [7, 11) is -3.31. The third-order valence-electron chi connectivity index (χ3n) is 4.83. The van der Waals surface area contributed by atoms with Gasteiger partial charge in [0.1, 0.15) is 37.8 Å². The largest absolute Gasteiger partial charge is 0.598 e. The Labute approximate surface area is 182 Å². The van der Waals surface area contributed by atoms with Crippen LogP contribution in [0.25, 0.3) is 0 Å². The van der Waals surface area contributed by atoms with E-state index in [1.54, 1.807) is 20.8 Å². The minimum Gasteiger partial charge on any atom is -0.598 e. The van der Waals surface area contributed by atoms with Gasteiger partial charge in [0.2, 0.25) is 0 Å². The van der Waals surface area contributed by atoms with Gasteiger partial charge in [0.15, 0.2) is 0 Å². The fourth-order valence-corrected chi connectivity index (χ4v) is 6.92. The second-order valence-corrected chi connectivity index (χ2v) is 13.8. The van der Waals surface area contributed by atoms with Crippen molar-refractivity contribution in [3.63, 3.8) is 0 Å². The average molecular weight is 511 g/mol. The van der Waals surface area contributed by atoms with Crippen LogP contribution in [0.1, 0.15) is 46.2 Å². The van der Waals surface area contributed by atoms with Crippen molar-refractivity contribution in [1.29, 1.82) is 5.26 Å². The van der Waals surface area contributed by atoms with Crippen molar-refractivity contribution < 1.29 is 17.5 Å². The van der Waals surface area contributed by atoms with E-state index in [-0.39, 0.29) is 16.8 Å². The lowest BCUT2D eigenvalue weighted by Crippen LogP contribution is -2.58. The summed E-state index contributed by atoms with van der Waals surface area (Å²) in [6, 6.07) is 4.52. The number of rotatable bonds is 6. The van der Waals surface area contributed by atoms with Crippen molar-refractivity contribution in [2.45, 2.75) is 55.6 Å². The Hall–Kier alpha value is -0.800. The predicted molar refractivity (Wildman–Crippen MR) is 114 cm³/mol. The van der Waals surface area contributed by atoms with Gasteiger partial charge in [-0.1, -0.05) is 0 Å². The van der Waals surface area contributed by atoms with E-state index in [1.165, 1.54) is 13.0 Å². The fourth-order valence-electron chi connectivity index (χ4n) is 2.96. The normalized spacial score (nSPS) is 28.1. The van der Waals surface area contributed by atoms with E-state index >= 15 is 0 Å². The van der Waals surface area contributed by atoms with Crippen LogP contribution in [0, 0.1) is 17.1 Å². The number of pyridine rings is 1. The third-order valence-corrected chi connectivity index (χ3v) is 10.1. The van der Waals surface area contributed by atoms with Gasteiger partial charge in [0.25, 0.3) is 0 Å². The number of hydrogen-bond donors (Lipinski definition) is 1. The molecule has 1 N–H and O–H groups in total. The molecule has 11 heteroatoms. The minimum atomic E-state index is -3.31. The molecule has 1 aliphatic rings. The van der Waals surface area contributed by atoms with Gasteiger partial charge < -0.3 is 4.55 Å². The van der Waals surface area contributed by atoms with E-state index in [1.807, 2.05) is 0 Å². The van der Waals surface area contributed by atoms with Crippen LogP contribution in [0.3, 0.4) is 0 Å². The van der Waals surface area contributed by atoms with Crippen LogP contribution >= 0.6 is 15.9 Å². The molecule has 2 heterocycles. The van der Waals surface area contributed by atoms with Crippen molar-refractivity contribution in [3.05, 3.63) is 28.2 Å². The molecule has 0 radical (unpaired) electrons. The molecule has 29 heavy (non-hydrogen) atoms. The summed E-state index contributed by atoms with van der Waals surface area (Å²) in [4.78, 5) is 4.08. The monoisotopic (exact) mass is 510 g/mol. The van der Waals surface area contributed by atoms with E-state index in [9.17, 15) is 22.8 Å². The molecule has 6 nitrogen and oxygen atoms in total. The van der Waals surface area contributed by atoms with E-state index in [0.29, 0.717) is 12.8 Å². The van der Waals surface area contributed by atoms with Crippen LogP contribution in [-0.4, -0.2) is 42.2 Å². The number of nitrogens with zero attached hydrogens (tertiary/aromatic N) is 3. The summed E-state index contributed by atoms with van der Waals surface area (Å²) in [6.07, 6.45) is 0.902. The maximum absolute atomic E-state index is 14.8. The molecule has 1 unspecified atom stereocenters. The van der Waals surface area contributed by atoms with Crippen LogP contribution in [-0.2, 0) is 26.6 Å². The number of alkyl halides is 1. The maximum Gasteiger partial charge on any atom is 0.149 e. The zero-order chi connectivity index (χ0) is 22.1. The highest BCUT2D eigenvalue weighted by atomic mass is 79.9. The Balaban J connectivity index is 2.70. The van der Waals surface area contributed by atoms with Crippen molar-refractivity contribution >= 4 is 37.0 Å². The summed E-state index contributed by atoms with van der Waals surface area (Å²) in [5.74, 6) is -1.36. The molecule has 0 aromatic carbocycles. The van der Waals surface area contributed by atoms with E-state index < -0.39 is 54.4 Å². The second-order valence-electron chi connectivity index (χ2n) is 8.25. The number of hydrogen-bond acceptors (Lipinski definition) is 6. The van der Waals surface area contributed by atoms with E-state index in [2.05, 4.69) is 36.1 Å². The molecule has 1 aromatic rings. The summed E-state index contributed by atoms with van der Waals surface area (Å²) >= 11 is 1.31. The first-order valence-electron chi connectivity index (χ1n) is 9.02. The van der Waals surface area contributed by atoms with Gasteiger partial charge in [-0.3, -0.25) is 0 Å². The van der Waals surface area contributed by atoms with Crippen LogP contribution in [0.5, 0.6) is 0 Å². The molecular weight excluding hydrogens is 486 g/mol. The Morgan fingerprint density at radius 2 is 2.14 bits per heavy atom. The first-order chi connectivity index (χ1) is 13.3. The zero-order valence-electron chi connectivity index (χ0n) is 16.8. The molecule has 0 fully saturated rings. The highest BCUT2D eigenvalue weighted by Gasteiger charge is 2.51. The summed E-state index contributed by atoms with van der Waals surface area (Å²) in [6.45, 7) is 5.57. The molecule has 0 bridgehead atoms. The second kappa shape index (κ2) is 8.75. The lowest BCUT2D eigenvalue weighted by molar-refractivity contribution is 0.292. The molecular formula is C18H25BrF2N4O2S2. The van der Waals surface area contributed by atoms with E-state index in [4.69, 9.17) is 0 Å². The average Bonchev–Trinajstić information content (AvgIpc) is 2.65. The molecule has 2 rings (SSSR count). The highest BCUT2D eigenvalue weighted by Crippen LogP contribution is 2.37. The predicted octanol–water partition coefficient (Wildman–Crippen LogP) is 3.74. The quantitative estimate of drug-likeness (QED) is 0.463. The van der Waals surface area contributed by atoms with E-state index in [0.717, 1.165) is 6.07 Å². The third kappa shape index (κ3) is 4.93. The van der Waals surface area contributed by atoms with Crippen molar-refractivity contribution in [1.82, 2.24) is 9.71 Å². The Morgan fingerprint density at radius 1 is 1.48 bits per heavy atom. The summed E-state index contributed by atoms with van der Waals surface area (Å²) in [5, 5.41) is 9.68. The molecule has 162 valence electrons. The van der Waals surface area contributed by atoms with Gasteiger partial charge in [-0.2, -0.15) is 5.26 Å². The Morgan fingerprint density at radius 3 is 2.69 bits per heavy atom. The number of nitrogens with one attached hydrogen (secondary N) is 1. The first kappa shape index (κ1) is 24.5. The minimum absolute atomic E-state index is 0.244. The molecule has 0 amide bonds. The number of aromatic nitrogens is 1. The molecule has 4 atom stereocenters. The topological polar surface area (TPSA) is 101 Å². The summed E-state index contributed by atoms with van der Waals surface area (Å²) in [5.41, 5.74) is -2.34. The lowest BCUT2D eigenvalue weighted by atomic mass is 9.99. The summed E-state index contributed by atoms with van der Waals surface area (Å²) < 4.78 is 61.1. The van der Waals surface area contributed by atoms with Gasteiger partial charge in [-0.15, -0.1) is 4.72 Å². The Kier molecular flexibility index (Phi) is 7.38. The van der Waals surface area contributed by atoms with Gasteiger partial charge in [-0.05, 0) is 68.6 Å². The zero-order valence-corrected chi connectivity index (χ0v) is 20.0. The highest BCUT2D eigenvalue weighted by molar-refractivity contribution is 9.10. The molecule has 0 spiro atoms. The van der Waals surface area contributed by atoms with Gasteiger partial charge in [-0.25, -0.2) is 22.3 Å². The van der Waals surface area contributed by atoms with Gasteiger partial charge in [0, 0.05) is 17.9 Å². The first-order valence-corrected chi connectivity index (χ1v) is 12.6. The van der Waals surface area contributed by atoms with Crippen LogP contribution in [0.4, 0.5) is 8.78 Å². The number of nitriles is 1. The van der Waals surface area contributed by atoms with Crippen LogP contribution < -0.4 is 4.72 Å². The van der Waals surface area contributed by atoms with Crippen LogP contribution in [0.2, 0.25) is 0 Å². The standard InChI is InChI=1S/C18H25BrF2N4O2S2/c1-16(2,3)28(26)25-18(10-20,15-13(21)6-7-14(19)24-15)12-29(27)17(4,11-22)8-5-9-23-29/h6-7,25H,5,8-10,12H2,1-4H3/t17-,18+,28?,29+/m1/s1. The lowest BCUT2D eigenvalue weighted by Gasteiger charge is -2.39. The van der Waals surface area contributed by atoms with Crippen molar-refractivity contribution in [2.24, 2.45) is 4.36 Å².